The molecule has 0 amide bonds. The van der Waals surface area contributed by atoms with Crippen molar-refractivity contribution in [1.82, 2.24) is 9.97 Å². The number of anilines is 1. The summed E-state index contributed by atoms with van der Waals surface area (Å²) in [6.45, 7) is 3.95. The maximum atomic E-state index is 5.66. The molecule has 1 heterocycles. The number of nitrogens with zero attached hydrogens (tertiary/aromatic N) is 2. The third kappa shape index (κ3) is 3.55. The summed E-state index contributed by atoms with van der Waals surface area (Å²) in [4.78, 5) is 8.73. The van der Waals surface area contributed by atoms with E-state index in [9.17, 15) is 0 Å². The highest BCUT2D eigenvalue weighted by atomic mass is 14.9. The van der Waals surface area contributed by atoms with Gasteiger partial charge in [0.2, 0.25) is 0 Å². The van der Waals surface area contributed by atoms with Gasteiger partial charge < -0.3 is 5.73 Å². The first-order valence-corrected chi connectivity index (χ1v) is 6.29. The van der Waals surface area contributed by atoms with Crippen molar-refractivity contribution >= 4 is 5.69 Å². The van der Waals surface area contributed by atoms with E-state index >= 15 is 0 Å². The highest BCUT2D eigenvalue weighted by molar-refractivity contribution is 5.39. The predicted molar refractivity (Wildman–Crippen MR) is 74.4 cm³/mol. The second-order valence-electron chi connectivity index (χ2n) is 4.64. The zero-order valence-electron chi connectivity index (χ0n) is 11.0. The average molecular weight is 241 g/mol. The van der Waals surface area contributed by atoms with Gasteiger partial charge in [0.1, 0.15) is 5.82 Å². The summed E-state index contributed by atoms with van der Waals surface area (Å²) in [5.41, 5.74) is 9.99. The molecule has 0 saturated heterocycles. The number of aryl methyl sites for hydroxylation is 4. The van der Waals surface area contributed by atoms with Crippen LogP contribution in [0.5, 0.6) is 0 Å². The molecular weight excluding hydrogens is 222 g/mol. The first kappa shape index (κ1) is 12.6. The monoisotopic (exact) mass is 241 g/mol. The smallest absolute Gasteiger partial charge is 0.125 e. The number of hydrogen-bond donors (Lipinski definition) is 1. The minimum Gasteiger partial charge on any atom is -0.399 e. The molecular formula is C15H19N3. The van der Waals surface area contributed by atoms with Crippen LogP contribution in [0.1, 0.15) is 29.2 Å². The Labute approximate surface area is 108 Å². The molecule has 0 atom stereocenters. The molecule has 0 aliphatic rings. The van der Waals surface area contributed by atoms with Gasteiger partial charge in [-0.05, 0) is 56.9 Å². The number of benzene rings is 1. The van der Waals surface area contributed by atoms with Gasteiger partial charge in [0.15, 0.2) is 0 Å². The molecule has 1 aromatic carbocycles. The Hall–Kier alpha value is -1.90. The van der Waals surface area contributed by atoms with Crippen molar-refractivity contribution in [2.45, 2.75) is 33.1 Å². The van der Waals surface area contributed by atoms with E-state index in [0.717, 1.165) is 42.2 Å². The standard InChI is InChI=1S/C15H19N3/c1-11-10-15(18-12(2)17-11)5-3-4-13-6-8-14(16)9-7-13/h6-10H,3-5,16H2,1-2H3. The third-order valence-corrected chi connectivity index (χ3v) is 2.90. The van der Waals surface area contributed by atoms with Crippen LogP contribution in [-0.2, 0) is 12.8 Å². The number of aromatic nitrogens is 2. The normalized spacial score (nSPS) is 10.6. The van der Waals surface area contributed by atoms with Gasteiger partial charge in [-0.15, -0.1) is 0 Å². The van der Waals surface area contributed by atoms with E-state index in [2.05, 4.69) is 28.2 Å². The Morgan fingerprint density at radius 1 is 1.00 bits per heavy atom. The number of hydrogen-bond acceptors (Lipinski definition) is 3. The number of nitrogens with two attached hydrogens (primary N) is 1. The molecule has 0 spiro atoms. The highest BCUT2D eigenvalue weighted by Gasteiger charge is 2.00. The van der Waals surface area contributed by atoms with Gasteiger partial charge in [-0.2, -0.15) is 0 Å². The molecule has 2 rings (SSSR count). The summed E-state index contributed by atoms with van der Waals surface area (Å²) in [7, 11) is 0. The van der Waals surface area contributed by atoms with Crippen molar-refractivity contribution in [1.29, 1.82) is 0 Å². The number of rotatable bonds is 4. The molecule has 3 heteroatoms. The molecule has 0 bridgehead atoms. The fraction of sp³-hybridized carbons (Fsp3) is 0.333. The second-order valence-corrected chi connectivity index (χ2v) is 4.64. The van der Waals surface area contributed by atoms with Crippen molar-refractivity contribution in [3.05, 3.63) is 53.1 Å². The maximum Gasteiger partial charge on any atom is 0.125 e. The van der Waals surface area contributed by atoms with E-state index in [1.807, 2.05) is 26.0 Å². The van der Waals surface area contributed by atoms with E-state index in [-0.39, 0.29) is 0 Å². The first-order chi connectivity index (χ1) is 8.63. The SMILES string of the molecule is Cc1cc(CCCc2ccc(N)cc2)nc(C)n1. The number of nitrogen functional groups attached to an aromatic ring is 1. The molecule has 0 radical (unpaired) electrons. The summed E-state index contributed by atoms with van der Waals surface area (Å²) in [6.07, 6.45) is 3.15. The molecule has 0 saturated carbocycles. The summed E-state index contributed by atoms with van der Waals surface area (Å²) < 4.78 is 0. The first-order valence-electron chi connectivity index (χ1n) is 6.29. The van der Waals surface area contributed by atoms with Gasteiger partial charge in [-0.3, -0.25) is 0 Å². The summed E-state index contributed by atoms with van der Waals surface area (Å²) in [5, 5.41) is 0. The molecule has 2 aromatic rings. The molecule has 0 fully saturated rings. The Morgan fingerprint density at radius 3 is 2.39 bits per heavy atom. The largest absolute Gasteiger partial charge is 0.399 e. The van der Waals surface area contributed by atoms with Crippen molar-refractivity contribution in [3.63, 3.8) is 0 Å². The van der Waals surface area contributed by atoms with E-state index in [4.69, 9.17) is 5.73 Å². The van der Waals surface area contributed by atoms with Crippen LogP contribution < -0.4 is 5.73 Å². The van der Waals surface area contributed by atoms with Gasteiger partial charge in [0.05, 0.1) is 0 Å². The zero-order chi connectivity index (χ0) is 13.0. The third-order valence-electron chi connectivity index (χ3n) is 2.90. The molecule has 2 N–H and O–H groups in total. The Bertz CT molecular complexity index is 498. The Balaban J connectivity index is 1.90. The molecule has 3 nitrogen and oxygen atoms in total. The molecule has 1 aromatic heterocycles. The van der Waals surface area contributed by atoms with E-state index in [1.54, 1.807) is 0 Å². The summed E-state index contributed by atoms with van der Waals surface area (Å²) in [6, 6.07) is 10.1. The maximum absolute atomic E-state index is 5.66. The summed E-state index contributed by atoms with van der Waals surface area (Å²) in [5.74, 6) is 0.859. The van der Waals surface area contributed by atoms with Crippen LogP contribution in [0.15, 0.2) is 30.3 Å². The van der Waals surface area contributed by atoms with E-state index < -0.39 is 0 Å². The second kappa shape index (κ2) is 5.63. The predicted octanol–water partition coefficient (Wildman–Crippen LogP) is 2.85. The van der Waals surface area contributed by atoms with Crippen LogP contribution in [0.2, 0.25) is 0 Å². The minimum atomic E-state index is 0.820. The van der Waals surface area contributed by atoms with Gasteiger partial charge >= 0.3 is 0 Å². The quantitative estimate of drug-likeness (QED) is 0.837. The van der Waals surface area contributed by atoms with Crippen LogP contribution in [0.4, 0.5) is 5.69 Å². The Morgan fingerprint density at radius 2 is 1.72 bits per heavy atom. The van der Waals surface area contributed by atoms with Crippen molar-refractivity contribution in [3.8, 4) is 0 Å². The zero-order valence-corrected chi connectivity index (χ0v) is 11.0. The highest BCUT2D eigenvalue weighted by Crippen LogP contribution is 2.10. The lowest BCUT2D eigenvalue weighted by atomic mass is 10.1. The lowest BCUT2D eigenvalue weighted by Gasteiger charge is -2.04. The van der Waals surface area contributed by atoms with Crippen molar-refractivity contribution in [2.75, 3.05) is 5.73 Å². The van der Waals surface area contributed by atoms with Crippen LogP contribution in [0, 0.1) is 13.8 Å². The lowest BCUT2D eigenvalue weighted by Crippen LogP contribution is -1.98. The molecule has 18 heavy (non-hydrogen) atoms. The van der Waals surface area contributed by atoms with Crippen LogP contribution in [0.25, 0.3) is 0 Å². The van der Waals surface area contributed by atoms with Crippen LogP contribution in [-0.4, -0.2) is 9.97 Å². The molecule has 0 aliphatic heterocycles. The fourth-order valence-electron chi connectivity index (χ4n) is 2.08. The van der Waals surface area contributed by atoms with Gasteiger partial charge in [-0.1, -0.05) is 12.1 Å². The fourth-order valence-corrected chi connectivity index (χ4v) is 2.08. The van der Waals surface area contributed by atoms with Crippen molar-refractivity contribution in [2.24, 2.45) is 0 Å². The van der Waals surface area contributed by atoms with Gasteiger partial charge in [-0.25, -0.2) is 9.97 Å². The molecule has 94 valence electrons. The molecule has 0 unspecified atom stereocenters. The van der Waals surface area contributed by atoms with E-state index in [0.29, 0.717) is 0 Å². The minimum absolute atomic E-state index is 0.820. The van der Waals surface area contributed by atoms with Crippen LogP contribution >= 0.6 is 0 Å². The molecule has 0 aliphatic carbocycles. The van der Waals surface area contributed by atoms with Gasteiger partial charge in [0, 0.05) is 17.1 Å². The average Bonchev–Trinajstić information content (AvgIpc) is 2.30. The lowest BCUT2D eigenvalue weighted by molar-refractivity contribution is 0.784. The summed E-state index contributed by atoms with van der Waals surface area (Å²) >= 11 is 0. The van der Waals surface area contributed by atoms with Gasteiger partial charge in [0.25, 0.3) is 0 Å². The van der Waals surface area contributed by atoms with Crippen LogP contribution in [0.3, 0.4) is 0 Å². The Kier molecular flexibility index (Phi) is 3.92. The topological polar surface area (TPSA) is 51.8 Å². The van der Waals surface area contributed by atoms with E-state index in [1.165, 1.54) is 5.56 Å². The van der Waals surface area contributed by atoms with Crippen molar-refractivity contribution < 1.29 is 0 Å².